The highest BCUT2D eigenvalue weighted by Gasteiger charge is 2.25. The van der Waals surface area contributed by atoms with Crippen molar-refractivity contribution in [2.45, 2.75) is 161 Å². The summed E-state index contributed by atoms with van der Waals surface area (Å²) in [6, 6.07) is 0. The number of allylic oxidation sites excluding steroid dienone is 12. The SMILES string of the molecule is CC/C=C\C/C=C\C/C=C\CCCCCCCC(=O)OC[C@H](COP(=O)(O)OCCN)OC(=O)CCC/C=C\C/C=C\C/C=C\CCCCCCCC. The van der Waals surface area contributed by atoms with Crippen LogP contribution in [-0.4, -0.2) is 49.3 Å². The predicted octanol–water partition coefficient (Wildman–Crippen LogP) is 11.5. The molecule has 0 aromatic heterocycles. The van der Waals surface area contributed by atoms with Gasteiger partial charge >= 0.3 is 19.8 Å². The molecule has 0 saturated carbocycles. The Kier molecular flexibility index (Phi) is 37.3. The van der Waals surface area contributed by atoms with Crippen LogP contribution in [0.25, 0.3) is 0 Å². The lowest BCUT2D eigenvalue weighted by Gasteiger charge is -2.19. The molecule has 53 heavy (non-hydrogen) atoms. The maximum Gasteiger partial charge on any atom is 0.472 e. The molecule has 9 nitrogen and oxygen atoms in total. The molecule has 0 fully saturated rings. The second kappa shape index (κ2) is 39.2. The molecule has 0 amide bonds. The molecule has 0 bridgehead atoms. The average Bonchev–Trinajstić information content (AvgIpc) is 3.14. The third-order valence-electron chi connectivity index (χ3n) is 8.08. The Bertz CT molecular complexity index is 1100. The normalized spacial score (nSPS) is 14.1. The van der Waals surface area contributed by atoms with Crippen molar-refractivity contribution >= 4 is 19.8 Å². The monoisotopic (exact) mass is 764 g/mol. The molecule has 0 aliphatic carbocycles. The summed E-state index contributed by atoms with van der Waals surface area (Å²) in [5, 5.41) is 0. The van der Waals surface area contributed by atoms with Crippen LogP contribution in [-0.2, 0) is 32.7 Å². The van der Waals surface area contributed by atoms with Crippen molar-refractivity contribution in [3.63, 3.8) is 0 Å². The summed E-state index contributed by atoms with van der Waals surface area (Å²) < 4.78 is 32.6. The summed E-state index contributed by atoms with van der Waals surface area (Å²) in [6.07, 6.45) is 46.5. The molecule has 0 spiro atoms. The lowest BCUT2D eigenvalue weighted by Crippen LogP contribution is -2.29. The van der Waals surface area contributed by atoms with E-state index in [-0.39, 0.29) is 32.6 Å². The van der Waals surface area contributed by atoms with E-state index >= 15 is 0 Å². The number of phosphoric ester groups is 1. The van der Waals surface area contributed by atoms with Crippen molar-refractivity contribution in [2.75, 3.05) is 26.4 Å². The van der Waals surface area contributed by atoms with Crippen LogP contribution >= 0.6 is 7.82 Å². The maximum absolute atomic E-state index is 12.5. The fraction of sp³-hybridized carbons (Fsp3) is 0.674. The number of hydrogen-bond acceptors (Lipinski definition) is 8. The van der Waals surface area contributed by atoms with Gasteiger partial charge in [-0.05, 0) is 77.0 Å². The lowest BCUT2D eigenvalue weighted by molar-refractivity contribution is -0.161. The number of phosphoric acid groups is 1. The van der Waals surface area contributed by atoms with Gasteiger partial charge in [-0.15, -0.1) is 0 Å². The van der Waals surface area contributed by atoms with Gasteiger partial charge in [-0.1, -0.05) is 138 Å². The Hall–Kier alpha value is -2.55. The molecule has 2 atom stereocenters. The van der Waals surface area contributed by atoms with E-state index in [1.807, 2.05) is 6.08 Å². The molecular weight excluding hydrogens is 689 g/mol. The topological polar surface area (TPSA) is 134 Å². The summed E-state index contributed by atoms with van der Waals surface area (Å²) >= 11 is 0. The number of hydrogen-bond donors (Lipinski definition) is 2. The average molecular weight is 764 g/mol. The van der Waals surface area contributed by atoms with Crippen LogP contribution in [0.15, 0.2) is 72.9 Å². The highest BCUT2D eigenvalue weighted by atomic mass is 31.2. The van der Waals surface area contributed by atoms with Crippen LogP contribution in [0.4, 0.5) is 0 Å². The van der Waals surface area contributed by atoms with E-state index in [0.29, 0.717) is 19.3 Å². The minimum Gasteiger partial charge on any atom is -0.462 e. The first kappa shape index (κ1) is 50.5. The molecule has 3 N–H and O–H groups in total. The molecule has 10 heteroatoms. The second-order valence-corrected chi connectivity index (χ2v) is 14.6. The van der Waals surface area contributed by atoms with E-state index in [1.165, 1.54) is 38.5 Å². The molecule has 0 aliphatic rings. The van der Waals surface area contributed by atoms with Gasteiger partial charge in [0.15, 0.2) is 6.10 Å². The highest BCUT2D eigenvalue weighted by Crippen LogP contribution is 2.43. The van der Waals surface area contributed by atoms with Crippen molar-refractivity contribution in [3.8, 4) is 0 Å². The smallest absolute Gasteiger partial charge is 0.462 e. The van der Waals surface area contributed by atoms with Gasteiger partial charge in [0.1, 0.15) is 6.61 Å². The van der Waals surface area contributed by atoms with Gasteiger partial charge in [-0.2, -0.15) is 0 Å². The standard InChI is InChI=1S/C43H74NO8P/c1-3-5-7-9-11-13-15-17-19-20-22-24-26-28-30-32-34-36-43(46)52-41(40-51-53(47,48)50-38-37-44)39-49-42(45)35-33-31-29-27-25-23-21-18-16-14-12-10-8-6-4-2/h6,8,12,14,17-19,21-22,24,28,30,41H,3-5,7,9-11,13,15-16,20,23,25-27,29,31-40,44H2,1-2H3,(H,47,48)/b8-6-,14-12-,19-17-,21-18-,24-22-,30-28-/t41-/m1/s1. The molecule has 1 unspecified atom stereocenters. The van der Waals surface area contributed by atoms with Crippen molar-refractivity contribution in [1.29, 1.82) is 0 Å². The fourth-order valence-corrected chi connectivity index (χ4v) is 5.84. The molecule has 0 aromatic rings. The zero-order valence-electron chi connectivity index (χ0n) is 33.2. The first-order chi connectivity index (χ1) is 25.8. The number of rotatable bonds is 37. The zero-order valence-corrected chi connectivity index (χ0v) is 34.1. The minimum absolute atomic E-state index is 0.0395. The van der Waals surface area contributed by atoms with E-state index in [0.717, 1.165) is 70.6 Å². The summed E-state index contributed by atoms with van der Waals surface area (Å²) in [5.41, 5.74) is 5.33. The van der Waals surface area contributed by atoms with Crippen LogP contribution in [0.3, 0.4) is 0 Å². The van der Waals surface area contributed by atoms with Gasteiger partial charge < -0.3 is 20.1 Å². The molecular formula is C43H74NO8P. The van der Waals surface area contributed by atoms with Crippen LogP contribution in [0.2, 0.25) is 0 Å². The molecule has 0 aromatic carbocycles. The van der Waals surface area contributed by atoms with E-state index in [4.69, 9.17) is 24.3 Å². The number of esters is 2. The van der Waals surface area contributed by atoms with Crippen LogP contribution < -0.4 is 5.73 Å². The molecule has 0 rings (SSSR count). The minimum atomic E-state index is -4.40. The third-order valence-corrected chi connectivity index (χ3v) is 9.06. The highest BCUT2D eigenvalue weighted by molar-refractivity contribution is 7.47. The van der Waals surface area contributed by atoms with E-state index in [2.05, 4.69) is 80.7 Å². The third kappa shape index (κ3) is 39.0. The maximum atomic E-state index is 12.5. The fourth-order valence-electron chi connectivity index (χ4n) is 5.07. The van der Waals surface area contributed by atoms with Gasteiger partial charge in [-0.25, -0.2) is 4.57 Å². The van der Waals surface area contributed by atoms with Gasteiger partial charge in [0.25, 0.3) is 0 Å². The molecule has 0 saturated heterocycles. The van der Waals surface area contributed by atoms with Crippen molar-refractivity contribution in [3.05, 3.63) is 72.9 Å². The van der Waals surface area contributed by atoms with Crippen LogP contribution in [0.5, 0.6) is 0 Å². The number of unbranched alkanes of at least 4 members (excludes halogenated alkanes) is 12. The summed E-state index contributed by atoms with van der Waals surface area (Å²) in [5.74, 6) is -0.917. The largest absolute Gasteiger partial charge is 0.472 e. The van der Waals surface area contributed by atoms with Crippen LogP contribution in [0, 0.1) is 0 Å². The molecule has 304 valence electrons. The Balaban J connectivity index is 4.32. The van der Waals surface area contributed by atoms with Gasteiger partial charge in [0, 0.05) is 19.4 Å². The molecule has 0 aliphatic heterocycles. The number of carbonyl (C=O) groups excluding carboxylic acids is 2. The number of nitrogens with two attached hydrogens (primary N) is 1. The van der Waals surface area contributed by atoms with Gasteiger partial charge in [0.2, 0.25) is 0 Å². The first-order valence-electron chi connectivity index (χ1n) is 20.4. The number of ether oxygens (including phenoxy) is 2. The van der Waals surface area contributed by atoms with Crippen molar-refractivity contribution in [1.82, 2.24) is 0 Å². The van der Waals surface area contributed by atoms with E-state index in [1.54, 1.807) is 0 Å². The van der Waals surface area contributed by atoms with Crippen molar-refractivity contribution < 1.29 is 37.6 Å². The Morgan fingerprint density at radius 3 is 1.60 bits per heavy atom. The number of carbonyl (C=O) groups is 2. The summed E-state index contributed by atoms with van der Waals surface area (Å²) in [4.78, 5) is 34.8. The van der Waals surface area contributed by atoms with Crippen LogP contribution in [0.1, 0.15) is 155 Å². The zero-order chi connectivity index (χ0) is 38.9. The lowest BCUT2D eigenvalue weighted by atomic mass is 10.1. The van der Waals surface area contributed by atoms with E-state index in [9.17, 15) is 19.0 Å². The Morgan fingerprint density at radius 2 is 1.06 bits per heavy atom. The molecule has 0 radical (unpaired) electrons. The van der Waals surface area contributed by atoms with E-state index < -0.39 is 32.5 Å². The van der Waals surface area contributed by atoms with Crippen molar-refractivity contribution in [2.24, 2.45) is 5.73 Å². The molecule has 0 heterocycles. The predicted molar refractivity (Wildman–Crippen MR) is 219 cm³/mol. The van der Waals surface area contributed by atoms with Gasteiger partial charge in [0.05, 0.1) is 13.2 Å². The quantitative estimate of drug-likeness (QED) is 0.0274. The van der Waals surface area contributed by atoms with Gasteiger partial charge in [-0.3, -0.25) is 18.6 Å². The summed E-state index contributed by atoms with van der Waals surface area (Å²) in [7, 11) is -4.40. The second-order valence-electron chi connectivity index (χ2n) is 13.1. The Labute approximate surface area is 322 Å². The first-order valence-corrected chi connectivity index (χ1v) is 21.9. The summed E-state index contributed by atoms with van der Waals surface area (Å²) in [6.45, 7) is 3.51. The Morgan fingerprint density at radius 1 is 0.585 bits per heavy atom.